The predicted molar refractivity (Wildman–Crippen MR) is 76.7 cm³/mol. The van der Waals surface area contributed by atoms with Crippen LogP contribution in [-0.4, -0.2) is 32.1 Å². The van der Waals surface area contributed by atoms with Gasteiger partial charge in [0, 0.05) is 24.1 Å². The summed E-state index contributed by atoms with van der Waals surface area (Å²) in [6, 6.07) is 6.15. The topological polar surface area (TPSA) is 44.4 Å². The fourth-order valence-corrected chi connectivity index (χ4v) is 2.86. The summed E-state index contributed by atoms with van der Waals surface area (Å²) in [7, 11) is 1.93. The summed E-state index contributed by atoms with van der Waals surface area (Å²) in [6.07, 6.45) is 0. The molecule has 0 bridgehead atoms. The lowest BCUT2D eigenvalue weighted by Crippen LogP contribution is -2.54. The van der Waals surface area contributed by atoms with Gasteiger partial charge in [0.05, 0.1) is 5.69 Å². The fraction of sp³-hybridized carbons (Fsp3) is 0.462. The largest absolute Gasteiger partial charge is 0.357 e. The van der Waals surface area contributed by atoms with E-state index in [1.54, 1.807) is 0 Å². The molecule has 98 valence electrons. The zero-order valence-electron chi connectivity index (χ0n) is 10.7. The van der Waals surface area contributed by atoms with Gasteiger partial charge in [-0.25, -0.2) is 0 Å². The number of carbonyl (C=O) groups is 1. The van der Waals surface area contributed by atoms with Crippen LogP contribution in [0.5, 0.6) is 0 Å². The number of anilines is 1. The number of nitrogens with one attached hydrogen (secondary N) is 2. The maximum Gasteiger partial charge on any atom is 0.242 e. The third-order valence-electron chi connectivity index (χ3n) is 3.20. The Hall–Kier alpha value is -1.07. The Morgan fingerprint density at radius 2 is 2.33 bits per heavy atom. The van der Waals surface area contributed by atoms with Crippen molar-refractivity contribution < 1.29 is 4.79 Å². The van der Waals surface area contributed by atoms with Gasteiger partial charge in [-0.05, 0) is 47.6 Å². The van der Waals surface area contributed by atoms with Gasteiger partial charge in [0.15, 0.2) is 0 Å². The molecule has 0 saturated carbocycles. The van der Waals surface area contributed by atoms with E-state index in [2.05, 4.69) is 49.7 Å². The lowest BCUT2D eigenvalue weighted by Gasteiger charge is -2.35. The number of carbonyl (C=O) groups excluding carboxylic acids is 1. The van der Waals surface area contributed by atoms with Crippen molar-refractivity contribution in [3.05, 3.63) is 28.2 Å². The van der Waals surface area contributed by atoms with Gasteiger partial charge in [0.2, 0.25) is 5.91 Å². The Morgan fingerprint density at radius 1 is 1.56 bits per heavy atom. The molecular formula is C13H18BrN3O. The van der Waals surface area contributed by atoms with Crippen LogP contribution in [0.25, 0.3) is 0 Å². The summed E-state index contributed by atoms with van der Waals surface area (Å²) in [5.41, 5.74) is 2.31. The number of benzene rings is 1. The molecule has 0 radical (unpaired) electrons. The van der Waals surface area contributed by atoms with E-state index < -0.39 is 0 Å². The van der Waals surface area contributed by atoms with E-state index in [-0.39, 0.29) is 11.9 Å². The molecule has 1 aliphatic rings. The minimum absolute atomic E-state index is 0.0902. The summed E-state index contributed by atoms with van der Waals surface area (Å²) < 4.78 is 1.04. The van der Waals surface area contributed by atoms with Crippen LogP contribution in [0.4, 0.5) is 5.69 Å². The average Bonchev–Trinajstić information content (AvgIpc) is 2.34. The Labute approximate surface area is 116 Å². The molecule has 1 amide bonds. The van der Waals surface area contributed by atoms with Crippen molar-refractivity contribution in [2.75, 3.05) is 25.0 Å². The van der Waals surface area contributed by atoms with E-state index in [4.69, 9.17) is 0 Å². The van der Waals surface area contributed by atoms with Crippen LogP contribution in [-0.2, 0) is 11.3 Å². The molecule has 2 rings (SSSR count). The monoisotopic (exact) mass is 311 g/mol. The van der Waals surface area contributed by atoms with Crippen LogP contribution < -0.4 is 15.5 Å². The van der Waals surface area contributed by atoms with Crippen molar-refractivity contribution in [2.45, 2.75) is 19.5 Å². The SMILES string of the molecule is CNCc1ccc(N2CCNC(=O)C2C)c(Br)c1. The fourth-order valence-electron chi connectivity index (χ4n) is 2.21. The Morgan fingerprint density at radius 3 is 3.00 bits per heavy atom. The molecule has 1 aliphatic heterocycles. The Balaban J connectivity index is 2.24. The van der Waals surface area contributed by atoms with Crippen LogP contribution in [0.2, 0.25) is 0 Å². The van der Waals surface area contributed by atoms with E-state index in [0.717, 1.165) is 23.2 Å². The van der Waals surface area contributed by atoms with Crippen LogP contribution >= 0.6 is 15.9 Å². The van der Waals surface area contributed by atoms with Crippen LogP contribution in [0, 0.1) is 0 Å². The van der Waals surface area contributed by atoms with Crippen LogP contribution in [0.3, 0.4) is 0 Å². The second-order valence-electron chi connectivity index (χ2n) is 4.48. The van der Waals surface area contributed by atoms with Gasteiger partial charge in [0.25, 0.3) is 0 Å². The highest BCUT2D eigenvalue weighted by Crippen LogP contribution is 2.29. The summed E-state index contributed by atoms with van der Waals surface area (Å²) >= 11 is 3.60. The molecule has 5 heteroatoms. The first-order valence-electron chi connectivity index (χ1n) is 6.11. The summed E-state index contributed by atoms with van der Waals surface area (Å²) in [5, 5.41) is 6.00. The summed E-state index contributed by atoms with van der Waals surface area (Å²) in [5.74, 6) is 0.0902. The van der Waals surface area contributed by atoms with Crippen molar-refractivity contribution in [3.8, 4) is 0 Å². The van der Waals surface area contributed by atoms with Crippen molar-refractivity contribution in [2.24, 2.45) is 0 Å². The van der Waals surface area contributed by atoms with Crippen molar-refractivity contribution in [1.29, 1.82) is 0 Å². The van der Waals surface area contributed by atoms with Gasteiger partial charge < -0.3 is 15.5 Å². The third-order valence-corrected chi connectivity index (χ3v) is 3.84. The smallest absolute Gasteiger partial charge is 0.242 e. The van der Waals surface area contributed by atoms with Gasteiger partial charge in [-0.3, -0.25) is 4.79 Å². The molecule has 1 atom stereocenters. The van der Waals surface area contributed by atoms with E-state index in [1.807, 2.05) is 14.0 Å². The van der Waals surface area contributed by atoms with E-state index >= 15 is 0 Å². The maximum atomic E-state index is 11.7. The predicted octanol–water partition coefficient (Wildman–Crippen LogP) is 1.49. The highest BCUT2D eigenvalue weighted by atomic mass is 79.9. The van der Waals surface area contributed by atoms with E-state index in [1.165, 1.54) is 5.56 Å². The number of piperazine rings is 1. The average molecular weight is 312 g/mol. The highest BCUT2D eigenvalue weighted by Gasteiger charge is 2.26. The highest BCUT2D eigenvalue weighted by molar-refractivity contribution is 9.10. The minimum atomic E-state index is -0.120. The molecule has 0 spiro atoms. The molecule has 1 saturated heterocycles. The molecule has 1 aromatic rings. The number of nitrogens with zero attached hydrogens (tertiary/aromatic N) is 1. The molecular weight excluding hydrogens is 294 g/mol. The number of halogens is 1. The number of rotatable bonds is 3. The second kappa shape index (κ2) is 5.71. The molecule has 1 fully saturated rings. The first kappa shape index (κ1) is 13.4. The number of amides is 1. The Kier molecular flexibility index (Phi) is 4.24. The van der Waals surface area contributed by atoms with Crippen LogP contribution in [0.1, 0.15) is 12.5 Å². The molecule has 1 aromatic carbocycles. The van der Waals surface area contributed by atoms with Gasteiger partial charge in [-0.15, -0.1) is 0 Å². The lowest BCUT2D eigenvalue weighted by molar-refractivity contribution is -0.122. The number of hydrogen-bond donors (Lipinski definition) is 2. The molecule has 18 heavy (non-hydrogen) atoms. The minimum Gasteiger partial charge on any atom is -0.357 e. The molecule has 2 N–H and O–H groups in total. The first-order valence-corrected chi connectivity index (χ1v) is 6.90. The van der Waals surface area contributed by atoms with Gasteiger partial charge in [-0.1, -0.05) is 6.07 Å². The molecule has 1 heterocycles. The lowest BCUT2D eigenvalue weighted by atomic mass is 10.1. The Bertz CT molecular complexity index is 450. The summed E-state index contributed by atoms with van der Waals surface area (Å²) in [6.45, 7) is 4.32. The number of hydrogen-bond acceptors (Lipinski definition) is 3. The molecule has 0 aromatic heterocycles. The van der Waals surface area contributed by atoms with Crippen molar-refractivity contribution >= 4 is 27.5 Å². The zero-order chi connectivity index (χ0) is 13.1. The molecule has 1 unspecified atom stereocenters. The first-order chi connectivity index (χ1) is 8.63. The quantitative estimate of drug-likeness (QED) is 0.889. The van der Waals surface area contributed by atoms with E-state index in [9.17, 15) is 4.79 Å². The molecule has 0 aliphatic carbocycles. The maximum absolute atomic E-state index is 11.7. The van der Waals surface area contributed by atoms with Crippen molar-refractivity contribution in [1.82, 2.24) is 10.6 Å². The van der Waals surface area contributed by atoms with E-state index in [0.29, 0.717) is 6.54 Å². The van der Waals surface area contributed by atoms with Crippen molar-refractivity contribution in [3.63, 3.8) is 0 Å². The van der Waals surface area contributed by atoms with Gasteiger partial charge in [0.1, 0.15) is 6.04 Å². The summed E-state index contributed by atoms with van der Waals surface area (Å²) in [4.78, 5) is 13.8. The zero-order valence-corrected chi connectivity index (χ0v) is 12.3. The third kappa shape index (κ3) is 2.67. The normalized spacial score (nSPS) is 19.8. The van der Waals surface area contributed by atoms with Crippen LogP contribution in [0.15, 0.2) is 22.7 Å². The standard InChI is InChI=1S/C13H18BrN3O/c1-9-13(18)16-5-6-17(9)12-4-3-10(8-15-2)7-11(12)14/h3-4,7,9,15H,5-6,8H2,1-2H3,(H,16,18). The van der Waals surface area contributed by atoms with Gasteiger partial charge in [-0.2, -0.15) is 0 Å². The molecule has 4 nitrogen and oxygen atoms in total. The van der Waals surface area contributed by atoms with Gasteiger partial charge >= 0.3 is 0 Å². The second-order valence-corrected chi connectivity index (χ2v) is 5.33.